The van der Waals surface area contributed by atoms with Crippen LogP contribution in [0.25, 0.3) is 5.57 Å². The van der Waals surface area contributed by atoms with Crippen LogP contribution < -0.4 is 0 Å². The van der Waals surface area contributed by atoms with Gasteiger partial charge in [-0.1, -0.05) is 36.9 Å². The number of aromatic nitrogens is 2. The van der Waals surface area contributed by atoms with Gasteiger partial charge in [-0.2, -0.15) is 4.99 Å². The molecule has 0 atom stereocenters. The molecule has 0 unspecified atom stereocenters. The minimum atomic E-state index is -0.451. The van der Waals surface area contributed by atoms with Gasteiger partial charge in [0.1, 0.15) is 12.0 Å². The Morgan fingerprint density at radius 1 is 1.23 bits per heavy atom. The summed E-state index contributed by atoms with van der Waals surface area (Å²) >= 11 is 0.945. The molecule has 22 heavy (non-hydrogen) atoms. The highest BCUT2D eigenvalue weighted by Gasteiger charge is 2.07. The van der Waals surface area contributed by atoms with E-state index in [1.807, 2.05) is 38.1 Å². The predicted molar refractivity (Wildman–Crippen MR) is 87.4 cm³/mol. The zero-order valence-electron chi connectivity index (χ0n) is 12.3. The van der Waals surface area contributed by atoms with Crippen molar-refractivity contribution < 1.29 is 8.98 Å². The summed E-state index contributed by atoms with van der Waals surface area (Å²) in [7, 11) is 0. The molecule has 112 valence electrons. The van der Waals surface area contributed by atoms with E-state index in [1.54, 1.807) is 12.1 Å². The Balaban J connectivity index is 1.89. The Kier molecular flexibility index (Phi) is 5.43. The van der Waals surface area contributed by atoms with Crippen molar-refractivity contribution in [3.8, 4) is 0 Å². The first kappa shape index (κ1) is 15.9. The number of hydrogen-bond donors (Lipinski definition) is 0. The number of rotatable bonds is 5. The van der Waals surface area contributed by atoms with Crippen molar-refractivity contribution in [2.45, 2.75) is 19.0 Å². The van der Waals surface area contributed by atoms with Crippen LogP contribution in [-0.4, -0.2) is 22.3 Å². The number of aliphatic imine (C=N–C) groups is 1. The van der Waals surface area contributed by atoms with E-state index in [-0.39, 0.29) is 0 Å². The highest BCUT2D eigenvalue weighted by Crippen LogP contribution is 2.15. The van der Waals surface area contributed by atoms with Crippen LogP contribution in [0.4, 0.5) is 0 Å². The predicted octanol–water partition coefficient (Wildman–Crippen LogP) is 3.39. The molecule has 6 heteroatoms. The fraction of sp³-hybridized carbons (Fsp3) is 0.125. The molecule has 5 nitrogen and oxygen atoms in total. The SMILES string of the molecule is C=C(C(=O)N=COSc1nc(C)cc(C)n1)c1ccccc1. The molecule has 1 amide bonds. The second-order valence-corrected chi connectivity index (χ2v) is 5.22. The molecule has 1 aromatic carbocycles. The lowest BCUT2D eigenvalue weighted by Gasteiger charge is -2.01. The Bertz CT molecular complexity index is 694. The highest BCUT2D eigenvalue weighted by atomic mass is 32.2. The average Bonchev–Trinajstić information content (AvgIpc) is 2.50. The van der Waals surface area contributed by atoms with Gasteiger partial charge in [-0.05, 0) is 25.5 Å². The lowest BCUT2D eigenvalue weighted by atomic mass is 10.1. The Morgan fingerprint density at radius 2 is 1.86 bits per heavy atom. The van der Waals surface area contributed by atoms with Crippen LogP contribution in [0.15, 0.2) is 53.1 Å². The fourth-order valence-corrected chi connectivity index (χ4v) is 2.24. The van der Waals surface area contributed by atoms with Crippen molar-refractivity contribution in [1.82, 2.24) is 9.97 Å². The van der Waals surface area contributed by atoms with E-state index >= 15 is 0 Å². The zero-order valence-corrected chi connectivity index (χ0v) is 13.1. The summed E-state index contributed by atoms with van der Waals surface area (Å²) in [4.78, 5) is 23.9. The molecule has 0 aliphatic heterocycles. The van der Waals surface area contributed by atoms with Crippen LogP contribution in [0.3, 0.4) is 0 Å². The third-order valence-corrected chi connectivity index (χ3v) is 3.19. The topological polar surface area (TPSA) is 64.4 Å². The summed E-state index contributed by atoms with van der Waals surface area (Å²) in [6, 6.07) is 11.0. The van der Waals surface area contributed by atoms with E-state index in [0.717, 1.165) is 35.4 Å². The van der Waals surface area contributed by atoms with E-state index in [9.17, 15) is 4.79 Å². The smallest absolute Gasteiger partial charge is 0.279 e. The van der Waals surface area contributed by atoms with E-state index in [0.29, 0.717) is 10.7 Å². The maximum absolute atomic E-state index is 11.8. The first-order valence-corrected chi connectivity index (χ1v) is 7.27. The number of aryl methyl sites for hydroxylation is 2. The standard InChI is InChI=1S/C16H15N3O2S/c1-11-9-12(2)19-16(18-11)22-21-10-17-15(20)13(3)14-7-5-4-6-8-14/h4-10H,3H2,1-2H3. The monoisotopic (exact) mass is 313 g/mol. The Hall–Kier alpha value is -2.47. The summed E-state index contributed by atoms with van der Waals surface area (Å²) in [5.41, 5.74) is 2.75. The molecule has 0 spiro atoms. The van der Waals surface area contributed by atoms with Gasteiger partial charge in [0.15, 0.2) is 6.40 Å². The van der Waals surface area contributed by atoms with Gasteiger partial charge in [0.25, 0.3) is 5.91 Å². The van der Waals surface area contributed by atoms with Crippen LogP contribution in [0.5, 0.6) is 0 Å². The molecule has 0 aliphatic rings. The lowest BCUT2D eigenvalue weighted by Crippen LogP contribution is -1.98. The molecule has 1 heterocycles. The number of carbonyl (C=O) groups excluding carboxylic acids is 1. The number of benzene rings is 1. The van der Waals surface area contributed by atoms with Gasteiger partial charge in [-0.25, -0.2) is 9.97 Å². The van der Waals surface area contributed by atoms with E-state index in [2.05, 4.69) is 21.5 Å². The first-order chi connectivity index (χ1) is 10.6. The fourth-order valence-electron chi connectivity index (χ4n) is 1.71. The Morgan fingerprint density at radius 3 is 2.50 bits per heavy atom. The first-order valence-electron chi connectivity index (χ1n) is 6.53. The molecular weight excluding hydrogens is 298 g/mol. The molecule has 0 N–H and O–H groups in total. The quantitative estimate of drug-likeness (QED) is 0.278. The van der Waals surface area contributed by atoms with Crippen molar-refractivity contribution in [3.05, 3.63) is 59.9 Å². The van der Waals surface area contributed by atoms with Crippen LogP contribution in [-0.2, 0) is 8.98 Å². The number of amides is 1. The normalized spacial score (nSPS) is 10.6. The minimum Gasteiger partial charge on any atom is -0.405 e. The van der Waals surface area contributed by atoms with Crippen LogP contribution >= 0.6 is 12.0 Å². The van der Waals surface area contributed by atoms with E-state index in [4.69, 9.17) is 4.18 Å². The van der Waals surface area contributed by atoms with Crippen molar-refractivity contribution in [2.24, 2.45) is 4.99 Å². The molecule has 1 aromatic heterocycles. The molecular formula is C16H15N3O2S. The van der Waals surface area contributed by atoms with Crippen molar-refractivity contribution >= 4 is 29.9 Å². The molecule has 0 bridgehead atoms. The maximum atomic E-state index is 11.8. The average molecular weight is 313 g/mol. The van der Waals surface area contributed by atoms with Gasteiger partial charge < -0.3 is 4.18 Å². The summed E-state index contributed by atoms with van der Waals surface area (Å²) < 4.78 is 5.12. The molecule has 0 saturated heterocycles. The third kappa shape index (κ3) is 4.53. The minimum absolute atomic E-state index is 0.313. The molecule has 0 saturated carbocycles. The maximum Gasteiger partial charge on any atom is 0.279 e. The van der Waals surface area contributed by atoms with Gasteiger partial charge in [-0.3, -0.25) is 4.79 Å². The summed E-state index contributed by atoms with van der Waals surface area (Å²) in [6.45, 7) is 7.49. The van der Waals surface area contributed by atoms with Crippen molar-refractivity contribution in [2.75, 3.05) is 0 Å². The van der Waals surface area contributed by atoms with Gasteiger partial charge in [0.05, 0.1) is 0 Å². The molecule has 2 rings (SSSR count). The van der Waals surface area contributed by atoms with Crippen molar-refractivity contribution in [3.63, 3.8) is 0 Å². The molecule has 0 aliphatic carbocycles. The van der Waals surface area contributed by atoms with E-state index < -0.39 is 5.91 Å². The van der Waals surface area contributed by atoms with Gasteiger partial charge in [-0.15, -0.1) is 0 Å². The second kappa shape index (κ2) is 7.51. The van der Waals surface area contributed by atoms with Gasteiger partial charge in [0.2, 0.25) is 5.16 Å². The largest absolute Gasteiger partial charge is 0.405 e. The van der Waals surface area contributed by atoms with Crippen molar-refractivity contribution in [1.29, 1.82) is 0 Å². The summed E-state index contributed by atoms with van der Waals surface area (Å²) in [6.07, 6.45) is 1.07. The number of hydrogen-bond acceptors (Lipinski definition) is 5. The zero-order chi connectivity index (χ0) is 15.9. The van der Waals surface area contributed by atoms with Crippen LogP contribution in [0.1, 0.15) is 17.0 Å². The molecule has 0 radical (unpaired) electrons. The number of nitrogens with zero attached hydrogens (tertiary/aromatic N) is 3. The second-order valence-electron chi connectivity index (χ2n) is 4.50. The van der Waals surface area contributed by atoms with Gasteiger partial charge in [0, 0.05) is 17.0 Å². The van der Waals surface area contributed by atoms with E-state index in [1.165, 1.54) is 0 Å². The Labute approximate surface area is 133 Å². The lowest BCUT2D eigenvalue weighted by molar-refractivity contribution is -0.112. The van der Waals surface area contributed by atoms with Crippen LogP contribution in [0.2, 0.25) is 0 Å². The molecule has 0 fully saturated rings. The highest BCUT2D eigenvalue weighted by molar-refractivity contribution is 7.94. The third-order valence-electron chi connectivity index (χ3n) is 2.68. The summed E-state index contributed by atoms with van der Waals surface area (Å²) in [5.74, 6) is -0.451. The van der Waals surface area contributed by atoms with Crippen LogP contribution in [0, 0.1) is 13.8 Å². The summed E-state index contributed by atoms with van der Waals surface area (Å²) in [5, 5.41) is 0.471. The van der Waals surface area contributed by atoms with Gasteiger partial charge >= 0.3 is 0 Å². The number of carbonyl (C=O) groups is 1. The molecule has 2 aromatic rings.